The summed E-state index contributed by atoms with van der Waals surface area (Å²) in [5, 5.41) is 8.14. The third-order valence-corrected chi connectivity index (χ3v) is 4.07. The molecule has 2 aromatic rings. The quantitative estimate of drug-likeness (QED) is 0.922. The fourth-order valence-electron chi connectivity index (χ4n) is 2.85. The van der Waals surface area contributed by atoms with Gasteiger partial charge in [-0.2, -0.15) is 5.10 Å². The van der Waals surface area contributed by atoms with Crippen LogP contribution in [0.4, 0.5) is 0 Å². The molecule has 1 saturated heterocycles. The third-order valence-electron chi connectivity index (χ3n) is 4.07. The molecule has 0 aromatic carbocycles. The van der Waals surface area contributed by atoms with Crippen LogP contribution in [-0.2, 0) is 13.6 Å². The van der Waals surface area contributed by atoms with E-state index in [1.807, 2.05) is 17.1 Å². The van der Waals surface area contributed by atoms with Gasteiger partial charge in [-0.05, 0) is 19.9 Å². The lowest BCUT2D eigenvalue weighted by Gasteiger charge is -2.35. The fourth-order valence-corrected chi connectivity index (χ4v) is 2.85. The van der Waals surface area contributed by atoms with Crippen LogP contribution in [0, 0.1) is 0 Å². The predicted molar refractivity (Wildman–Crippen MR) is 81.8 cm³/mol. The molecule has 0 radical (unpaired) electrons. The van der Waals surface area contributed by atoms with E-state index in [9.17, 15) is 0 Å². The lowest BCUT2D eigenvalue weighted by Crippen LogP contribution is -2.46. The van der Waals surface area contributed by atoms with Crippen molar-refractivity contribution in [1.82, 2.24) is 29.5 Å². The number of imidazole rings is 1. The highest BCUT2D eigenvalue weighted by molar-refractivity contribution is 5.05. The molecule has 0 aliphatic carbocycles. The second-order valence-electron chi connectivity index (χ2n) is 5.97. The minimum absolute atomic E-state index is 0.308. The van der Waals surface area contributed by atoms with Crippen LogP contribution in [0.25, 0.3) is 0 Å². The standard InChI is InChI=1S/C15H24N6/c1-12(2)21-7-4-13(18-21)11-20-9-5-16-10-14(20)15-17-6-8-19(15)3/h4,6-8,12,14,16H,5,9-11H2,1-3H3. The Kier molecular flexibility index (Phi) is 4.07. The number of hydrogen-bond acceptors (Lipinski definition) is 4. The largest absolute Gasteiger partial charge is 0.337 e. The average Bonchev–Trinajstić information content (AvgIpc) is 3.09. The Hall–Kier alpha value is -1.66. The summed E-state index contributed by atoms with van der Waals surface area (Å²) in [5.41, 5.74) is 1.13. The van der Waals surface area contributed by atoms with Crippen molar-refractivity contribution < 1.29 is 0 Å². The van der Waals surface area contributed by atoms with E-state index in [2.05, 4.69) is 58.0 Å². The molecule has 0 amide bonds. The van der Waals surface area contributed by atoms with Gasteiger partial charge in [0.05, 0.1) is 11.7 Å². The number of aryl methyl sites for hydroxylation is 1. The van der Waals surface area contributed by atoms with Gasteiger partial charge in [-0.1, -0.05) is 0 Å². The first-order valence-electron chi connectivity index (χ1n) is 7.61. The second kappa shape index (κ2) is 5.99. The van der Waals surface area contributed by atoms with Crippen LogP contribution in [0.15, 0.2) is 24.7 Å². The first-order valence-corrected chi connectivity index (χ1v) is 7.61. The zero-order valence-corrected chi connectivity index (χ0v) is 13.0. The van der Waals surface area contributed by atoms with E-state index in [0.717, 1.165) is 37.7 Å². The summed E-state index contributed by atoms with van der Waals surface area (Å²) in [4.78, 5) is 6.98. The summed E-state index contributed by atoms with van der Waals surface area (Å²) in [7, 11) is 2.06. The Morgan fingerprint density at radius 3 is 2.90 bits per heavy atom. The average molecular weight is 288 g/mol. The van der Waals surface area contributed by atoms with Crippen LogP contribution < -0.4 is 5.32 Å². The van der Waals surface area contributed by atoms with Crippen molar-refractivity contribution in [2.75, 3.05) is 19.6 Å². The molecule has 114 valence electrons. The normalized spacial score (nSPS) is 20.3. The topological polar surface area (TPSA) is 50.9 Å². The Balaban J connectivity index is 1.76. The summed E-state index contributed by atoms with van der Waals surface area (Å²) < 4.78 is 4.13. The second-order valence-corrected chi connectivity index (χ2v) is 5.97. The smallest absolute Gasteiger partial charge is 0.127 e. The SMILES string of the molecule is CC(C)n1ccc(CN2CCNCC2c2nccn2C)n1. The van der Waals surface area contributed by atoms with Crippen LogP contribution in [-0.4, -0.2) is 43.9 Å². The predicted octanol–water partition coefficient (Wildman–Crippen LogP) is 1.34. The van der Waals surface area contributed by atoms with Crippen LogP contribution in [0.3, 0.4) is 0 Å². The van der Waals surface area contributed by atoms with Crippen LogP contribution in [0.5, 0.6) is 0 Å². The van der Waals surface area contributed by atoms with E-state index in [4.69, 9.17) is 0 Å². The zero-order chi connectivity index (χ0) is 14.8. The lowest BCUT2D eigenvalue weighted by atomic mass is 10.1. The molecule has 0 spiro atoms. The third kappa shape index (κ3) is 3.01. The molecule has 1 N–H and O–H groups in total. The molecule has 2 aromatic heterocycles. The highest BCUT2D eigenvalue weighted by Gasteiger charge is 2.27. The van der Waals surface area contributed by atoms with E-state index in [0.29, 0.717) is 12.1 Å². The Labute approximate surface area is 125 Å². The van der Waals surface area contributed by atoms with Gasteiger partial charge in [-0.15, -0.1) is 0 Å². The molecule has 21 heavy (non-hydrogen) atoms. The number of piperazine rings is 1. The van der Waals surface area contributed by atoms with Gasteiger partial charge < -0.3 is 9.88 Å². The first-order chi connectivity index (χ1) is 10.1. The van der Waals surface area contributed by atoms with Crippen molar-refractivity contribution in [3.8, 4) is 0 Å². The molecule has 6 heteroatoms. The van der Waals surface area contributed by atoms with Crippen molar-refractivity contribution >= 4 is 0 Å². The van der Waals surface area contributed by atoms with Crippen molar-refractivity contribution in [2.24, 2.45) is 7.05 Å². The van der Waals surface area contributed by atoms with Crippen molar-refractivity contribution in [1.29, 1.82) is 0 Å². The minimum atomic E-state index is 0.308. The molecule has 1 aliphatic rings. The lowest BCUT2D eigenvalue weighted by molar-refractivity contribution is 0.142. The summed E-state index contributed by atoms with van der Waals surface area (Å²) in [6.07, 6.45) is 5.95. The molecule has 0 saturated carbocycles. The van der Waals surface area contributed by atoms with Gasteiger partial charge in [0, 0.05) is 57.9 Å². The maximum atomic E-state index is 4.67. The summed E-state index contributed by atoms with van der Waals surface area (Å²) in [5.74, 6) is 1.12. The number of hydrogen-bond donors (Lipinski definition) is 1. The van der Waals surface area contributed by atoms with Gasteiger partial charge in [-0.25, -0.2) is 4.98 Å². The number of nitrogens with one attached hydrogen (secondary N) is 1. The van der Waals surface area contributed by atoms with Gasteiger partial charge in [0.25, 0.3) is 0 Å². The van der Waals surface area contributed by atoms with Crippen LogP contribution in [0.2, 0.25) is 0 Å². The Morgan fingerprint density at radius 2 is 2.24 bits per heavy atom. The molecule has 3 rings (SSSR count). The Morgan fingerprint density at radius 1 is 1.38 bits per heavy atom. The van der Waals surface area contributed by atoms with Gasteiger partial charge in [0.1, 0.15) is 5.82 Å². The molecule has 1 aliphatic heterocycles. The summed E-state index contributed by atoms with van der Waals surface area (Å²) in [6, 6.07) is 2.84. The molecular formula is C15H24N6. The van der Waals surface area contributed by atoms with E-state index < -0.39 is 0 Å². The maximum absolute atomic E-state index is 4.67. The molecule has 1 unspecified atom stereocenters. The molecule has 6 nitrogen and oxygen atoms in total. The van der Waals surface area contributed by atoms with E-state index in [1.54, 1.807) is 0 Å². The summed E-state index contributed by atoms with van der Waals surface area (Å²) in [6.45, 7) is 8.16. The molecule has 1 atom stereocenters. The fraction of sp³-hybridized carbons (Fsp3) is 0.600. The molecule has 0 bridgehead atoms. The van der Waals surface area contributed by atoms with Crippen molar-refractivity contribution in [3.63, 3.8) is 0 Å². The number of nitrogens with zero attached hydrogens (tertiary/aromatic N) is 5. The van der Waals surface area contributed by atoms with E-state index in [1.165, 1.54) is 0 Å². The minimum Gasteiger partial charge on any atom is -0.337 e. The highest BCUT2D eigenvalue weighted by atomic mass is 15.3. The van der Waals surface area contributed by atoms with Crippen molar-refractivity contribution in [2.45, 2.75) is 32.5 Å². The Bertz CT molecular complexity index is 585. The maximum Gasteiger partial charge on any atom is 0.127 e. The number of aromatic nitrogens is 4. The van der Waals surface area contributed by atoms with Crippen LogP contribution >= 0.6 is 0 Å². The van der Waals surface area contributed by atoms with Gasteiger partial charge >= 0.3 is 0 Å². The molecule has 1 fully saturated rings. The van der Waals surface area contributed by atoms with Gasteiger partial charge in [0.15, 0.2) is 0 Å². The monoisotopic (exact) mass is 288 g/mol. The number of rotatable bonds is 4. The zero-order valence-electron chi connectivity index (χ0n) is 13.0. The summed E-state index contributed by atoms with van der Waals surface area (Å²) >= 11 is 0. The highest BCUT2D eigenvalue weighted by Crippen LogP contribution is 2.22. The van der Waals surface area contributed by atoms with Crippen molar-refractivity contribution in [3.05, 3.63) is 36.2 Å². The van der Waals surface area contributed by atoms with Gasteiger partial charge in [0.2, 0.25) is 0 Å². The molecule has 3 heterocycles. The first kappa shape index (κ1) is 14.3. The van der Waals surface area contributed by atoms with E-state index >= 15 is 0 Å². The van der Waals surface area contributed by atoms with E-state index in [-0.39, 0.29) is 0 Å². The van der Waals surface area contributed by atoms with Gasteiger partial charge in [-0.3, -0.25) is 9.58 Å². The molecular weight excluding hydrogens is 264 g/mol. The van der Waals surface area contributed by atoms with Crippen LogP contribution in [0.1, 0.15) is 37.4 Å².